The van der Waals surface area contributed by atoms with Crippen molar-refractivity contribution in [2.24, 2.45) is 0 Å². The third-order valence-corrected chi connectivity index (χ3v) is 4.34. The predicted molar refractivity (Wildman–Crippen MR) is 83.2 cm³/mol. The van der Waals surface area contributed by atoms with Crippen molar-refractivity contribution in [3.05, 3.63) is 62.8 Å². The highest BCUT2D eigenvalue weighted by Crippen LogP contribution is 2.28. The molecule has 18 heavy (non-hydrogen) atoms. The van der Waals surface area contributed by atoms with Crippen LogP contribution in [0.3, 0.4) is 0 Å². The molecule has 0 spiro atoms. The molecule has 2 aromatic rings. The van der Waals surface area contributed by atoms with Gasteiger partial charge in [0.1, 0.15) is 0 Å². The summed E-state index contributed by atoms with van der Waals surface area (Å²) in [6.45, 7) is 0. The number of halogens is 3. The van der Waals surface area contributed by atoms with E-state index in [1.807, 2.05) is 36.5 Å². The molecular weight excluding hydrogens is 377 g/mol. The molecule has 0 aliphatic rings. The van der Waals surface area contributed by atoms with Crippen molar-refractivity contribution in [3.63, 3.8) is 0 Å². The molecule has 0 saturated heterocycles. The number of pyridine rings is 1. The largest absolute Gasteiger partial charge is 0.260 e. The fraction of sp³-hybridized carbons (Fsp3) is 0.214. The molecular formula is C14H12Br2ClN. The molecule has 1 aromatic carbocycles. The smallest absolute Gasteiger partial charge is 0.0413 e. The van der Waals surface area contributed by atoms with Gasteiger partial charge in [-0.1, -0.05) is 34.1 Å². The van der Waals surface area contributed by atoms with Crippen molar-refractivity contribution < 1.29 is 0 Å². The molecule has 0 bridgehead atoms. The Hall–Kier alpha value is -0.380. The molecule has 0 aliphatic carbocycles. The summed E-state index contributed by atoms with van der Waals surface area (Å²) < 4.78 is 2.10. The molecule has 0 amide bonds. The second kappa shape index (κ2) is 6.69. The zero-order chi connectivity index (χ0) is 13.0. The van der Waals surface area contributed by atoms with Gasteiger partial charge in [-0.15, -0.1) is 11.6 Å². The molecule has 4 heteroatoms. The van der Waals surface area contributed by atoms with Crippen molar-refractivity contribution in [1.82, 2.24) is 4.98 Å². The van der Waals surface area contributed by atoms with Crippen LogP contribution >= 0.6 is 43.5 Å². The van der Waals surface area contributed by atoms with Crippen LogP contribution in [0.15, 0.2) is 51.5 Å². The lowest BCUT2D eigenvalue weighted by molar-refractivity contribution is 0.743. The van der Waals surface area contributed by atoms with E-state index in [2.05, 4.69) is 42.9 Å². The Morgan fingerprint density at radius 3 is 2.50 bits per heavy atom. The van der Waals surface area contributed by atoms with E-state index in [1.165, 1.54) is 5.56 Å². The van der Waals surface area contributed by atoms with E-state index in [0.717, 1.165) is 21.1 Å². The van der Waals surface area contributed by atoms with Crippen LogP contribution in [-0.2, 0) is 6.42 Å². The normalized spacial score (nSPS) is 12.4. The fourth-order valence-electron chi connectivity index (χ4n) is 1.83. The maximum atomic E-state index is 6.10. The summed E-state index contributed by atoms with van der Waals surface area (Å²) in [5.74, 6) is 0.858. The molecule has 1 unspecified atom stereocenters. The molecule has 0 radical (unpaired) electrons. The number of nitrogens with zero attached hydrogens (tertiary/aromatic N) is 1. The summed E-state index contributed by atoms with van der Waals surface area (Å²) in [5, 5.41) is 0. The van der Waals surface area contributed by atoms with Gasteiger partial charge < -0.3 is 0 Å². The number of alkyl halides is 1. The standard InChI is InChI=1S/C14H12Br2ClN/c15-11-5-6-12(18-9-11)7-10(8-17)13-3-1-2-4-14(13)16/h1-6,9-10H,7-8H2. The highest BCUT2D eigenvalue weighted by atomic mass is 79.9. The van der Waals surface area contributed by atoms with Gasteiger partial charge in [0.2, 0.25) is 0 Å². The quantitative estimate of drug-likeness (QED) is 0.657. The van der Waals surface area contributed by atoms with Gasteiger partial charge in [-0.3, -0.25) is 4.98 Å². The van der Waals surface area contributed by atoms with Crippen molar-refractivity contribution >= 4 is 43.5 Å². The molecule has 0 saturated carbocycles. The first-order valence-electron chi connectivity index (χ1n) is 5.61. The average molecular weight is 390 g/mol. The number of rotatable bonds is 4. The minimum Gasteiger partial charge on any atom is -0.260 e. The summed E-state index contributed by atoms with van der Waals surface area (Å²) in [6, 6.07) is 12.2. The molecule has 1 atom stereocenters. The summed E-state index contributed by atoms with van der Waals surface area (Å²) in [5.41, 5.74) is 2.29. The Kier molecular flexibility index (Phi) is 5.22. The van der Waals surface area contributed by atoms with E-state index in [0.29, 0.717) is 5.88 Å². The van der Waals surface area contributed by atoms with Crippen molar-refractivity contribution in [3.8, 4) is 0 Å². The van der Waals surface area contributed by atoms with E-state index >= 15 is 0 Å². The molecule has 1 nitrogen and oxygen atoms in total. The Morgan fingerprint density at radius 2 is 1.89 bits per heavy atom. The number of hydrogen-bond acceptors (Lipinski definition) is 1. The van der Waals surface area contributed by atoms with E-state index in [-0.39, 0.29) is 5.92 Å². The summed E-state index contributed by atoms with van der Waals surface area (Å²) in [6.07, 6.45) is 2.67. The number of benzene rings is 1. The van der Waals surface area contributed by atoms with Crippen molar-refractivity contribution in [1.29, 1.82) is 0 Å². The third kappa shape index (κ3) is 3.56. The maximum Gasteiger partial charge on any atom is 0.0413 e. The number of hydrogen-bond donors (Lipinski definition) is 0. The molecule has 1 heterocycles. The zero-order valence-electron chi connectivity index (χ0n) is 9.61. The Labute approximate surface area is 129 Å². The lowest BCUT2D eigenvalue weighted by Gasteiger charge is -2.15. The van der Waals surface area contributed by atoms with Gasteiger partial charge in [-0.25, -0.2) is 0 Å². The monoisotopic (exact) mass is 387 g/mol. The minimum atomic E-state index is 0.274. The van der Waals surface area contributed by atoms with Gasteiger partial charge in [0, 0.05) is 32.6 Å². The van der Waals surface area contributed by atoms with Crippen LogP contribution in [0.2, 0.25) is 0 Å². The predicted octanol–water partition coefficient (Wildman–Crippen LogP) is 5.17. The Balaban J connectivity index is 2.20. The SMILES string of the molecule is ClCC(Cc1ccc(Br)cn1)c1ccccc1Br. The minimum absolute atomic E-state index is 0.274. The maximum absolute atomic E-state index is 6.10. The third-order valence-electron chi connectivity index (χ3n) is 2.78. The van der Waals surface area contributed by atoms with Crippen LogP contribution in [0, 0.1) is 0 Å². The van der Waals surface area contributed by atoms with Crippen molar-refractivity contribution in [2.45, 2.75) is 12.3 Å². The van der Waals surface area contributed by atoms with Crippen LogP contribution in [-0.4, -0.2) is 10.9 Å². The molecule has 1 aromatic heterocycles. The van der Waals surface area contributed by atoms with Crippen LogP contribution in [0.5, 0.6) is 0 Å². The van der Waals surface area contributed by atoms with Crippen LogP contribution in [0.4, 0.5) is 0 Å². The van der Waals surface area contributed by atoms with Crippen molar-refractivity contribution in [2.75, 3.05) is 5.88 Å². The van der Waals surface area contributed by atoms with Crippen LogP contribution in [0.25, 0.3) is 0 Å². The molecule has 0 N–H and O–H groups in total. The first kappa shape index (κ1) is 14.0. The van der Waals surface area contributed by atoms with Crippen LogP contribution in [0.1, 0.15) is 17.2 Å². The van der Waals surface area contributed by atoms with Gasteiger partial charge in [-0.05, 0) is 46.1 Å². The highest BCUT2D eigenvalue weighted by molar-refractivity contribution is 9.10. The van der Waals surface area contributed by atoms with E-state index < -0.39 is 0 Å². The molecule has 0 fully saturated rings. The topological polar surface area (TPSA) is 12.9 Å². The second-order valence-electron chi connectivity index (χ2n) is 4.04. The fourth-order valence-corrected chi connectivity index (χ4v) is 2.95. The summed E-state index contributed by atoms with van der Waals surface area (Å²) in [7, 11) is 0. The van der Waals surface area contributed by atoms with Gasteiger partial charge >= 0.3 is 0 Å². The first-order chi connectivity index (χ1) is 8.70. The van der Waals surface area contributed by atoms with E-state index in [1.54, 1.807) is 0 Å². The van der Waals surface area contributed by atoms with Crippen LogP contribution < -0.4 is 0 Å². The summed E-state index contributed by atoms with van der Waals surface area (Å²) in [4.78, 5) is 4.40. The highest BCUT2D eigenvalue weighted by Gasteiger charge is 2.14. The Morgan fingerprint density at radius 1 is 1.11 bits per heavy atom. The van der Waals surface area contributed by atoms with Gasteiger partial charge in [0.05, 0.1) is 0 Å². The molecule has 94 valence electrons. The first-order valence-corrected chi connectivity index (χ1v) is 7.73. The molecule has 0 aliphatic heterocycles. The average Bonchev–Trinajstić information content (AvgIpc) is 2.39. The van der Waals surface area contributed by atoms with E-state index in [4.69, 9.17) is 11.6 Å². The van der Waals surface area contributed by atoms with Gasteiger partial charge in [0.25, 0.3) is 0 Å². The summed E-state index contributed by atoms with van der Waals surface area (Å²) >= 11 is 13.1. The lowest BCUT2D eigenvalue weighted by atomic mass is 9.96. The Bertz CT molecular complexity index is 513. The lowest BCUT2D eigenvalue weighted by Crippen LogP contribution is -2.06. The van der Waals surface area contributed by atoms with E-state index in [9.17, 15) is 0 Å². The van der Waals surface area contributed by atoms with Gasteiger partial charge in [0.15, 0.2) is 0 Å². The van der Waals surface area contributed by atoms with Gasteiger partial charge in [-0.2, -0.15) is 0 Å². The number of aromatic nitrogens is 1. The zero-order valence-corrected chi connectivity index (χ0v) is 13.5. The second-order valence-corrected chi connectivity index (χ2v) is 6.12. The molecule has 2 rings (SSSR count).